The van der Waals surface area contributed by atoms with E-state index >= 15 is 0 Å². The first kappa shape index (κ1) is 15.3. The number of methoxy groups -OCH3 is 1. The number of hydrogen-bond donors (Lipinski definition) is 1. The highest BCUT2D eigenvalue weighted by molar-refractivity contribution is 5.27. The van der Waals surface area contributed by atoms with Crippen LogP contribution >= 0.6 is 0 Å². The molecule has 1 unspecified atom stereocenters. The highest BCUT2D eigenvalue weighted by atomic mass is 16.5. The Balaban J connectivity index is 1.63. The molecule has 1 aliphatic carbocycles. The molecule has 0 aliphatic heterocycles. The number of aliphatic hydroxyl groups is 1. The van der Waals surface area contributed by atoms with Crippen molar-refractivity contribution in [3.8, 4) is 5.75 Å². The summed E-state index contributed by atoms with van der Waals surface area (Å²) in [6, 6.07) is 8.08. The lowest BCUT2D eigenvalue weighted by Gasteiger charge is -2.36. The van der Waals surface area contributed by atoms with Crippen LogP contribution in [0, 0.1) is 5.92 Å². The zero-order valence-corrected chi connectivity index (χ0v) is 12.5. The molecule has 1 aromatic carbocycles. The molecule has 0 amide bonds. The van der Waals surface area contributed by atoms with Crippen LogP contribution in [0.15, 0.2) is 24.3 Å². The second-order valence-corrected chi connectivity index (χ2v) is 5.69. The van der Waals surface area contributed by atoms with Crippen molar-refractivity contribution in [1.82, 2.24) is 0 Å². The molecule has 1 N–H and O–H groups in total. The fourth-order valence-electron chi connectivity index (χ4n) is 2.87. The van der Waals surface area contributed by atoms with Crippen LogP contribution in [0.4, 0.5) is 0 Å². The normalized spacial score (nSPS) is 23.1. The number of hydrogen-bond acceptors (Lipinski definition) is 3. The van der Waals surface area contributed by atoms with Gasteiger partial charge in [0.1, 0.15) is 5.75 Å². The fourth-order valence-corrected chi connectivity index (χ4v) is 2.87. The Morgan fingerprint density at radius 2 is 1.95 bits per heavy atom. The van der Waals surface area contributed by atoms with Gasteiger partial charge in [0.05, 0.1) is 19.3 Å². The van der Waals surface area contributed by atoms with Gasteiger partial charge in [0.25, 0.3) is 0 Å². The molecule has 1 fully saturated rings. The highest BCUT2D eigenvalue weighted by Gasteiger charge is 2.30. The van der Waals surface area contributed by atoms with E-state index in [9.17, 15) is 5.11 Å². The van der Waals surface area contributed by atoms with Crippen molar-refractivity contribution >= 4 is 0 Å². The van der Waals surface area contributed by atoms with Crippen LogP contribution in [-0.4, -0.2) is 31.0 Å². The van der Waals surface area contributed by atoms with E-state index in [0.717, 1.165) is 44.5 Å². The highest BCUT2D eigenvalue weighted by Crippen LogP contribution is 2.34. The van der Waals surface area contributed by atoms with E-state index in [1.807, 2.05) is 19.1 Å². The summed E-state index contributed by atoms with van der Waals surface area (Å²) in [6.45, 7) is 2.84. The van der Waals surface area contributed by atoms with Gasteiger partial charge in [-0.05, 0) is 62.6 Å². The molecule has 1 saturated carbocycles. The summed E-state index contributed by atoms with van der Waals surface area (Å²) in [6.07, 6.45) is 5.17. The molecule has 3 heteroatoms. The van der Waals surface area contributed by atoms with E-state index in [0.29, 0.717) is 12.0 Å². The van der Waals surface area contributed by atoms with Gasteiger partial charge in [-0.15, -0.1) is 0 Å². The quantitative estimate of drug-likeness (QED) is 0.793. The van der Waals surface area contributed by atoms with Crippen molar-refractivity contribution in [2.24, 2.45) is 5.92 Å². The maximum Gasteiger partial charge on any atom is 0.118 e. The van der Waals surface area contributed by atoms with Crippen LogP contribution < -0.4 is 4.74 Å². The standard InChI is InChI=1S/C17H26O3/c1-3-20-17-11-14(12-17)10-15(18)7-4-13-5-8-16(19-2)9-6-13/h5-6,8-9,14-15,17-18H,3-4,7,10-12H2,1-2H3. The third kappa shape index (κ3) is 4.50. The average Bonchev–Trinajstić information content (AvgIpc) is 2.43. The Kier molecular flexibility index (Phi) is 5.86. The van der Waals surface area contributed by atoms with Crippen LogP contribution in [0.1, 0.15) is 38.2 Å². The van der Waals surface area contributed by atoms with Crippen molar-refractivity contribution < 1.29 is 14.6 Å². The lowest BCUT2D eigenvalue weighted by Crippen LogP contribution is -2.33. The van der Waals surface area contributed by atoms with E-state index < -0.39 is 0 Å². The van der Waals surface area contributed by atoms with Gasteiger partial charge in [-0.25, -0.2) is 0 Å². The molecule has 112 valence electrons. The van der Waals surface area contributed by atoms with Gasteiger partial charge in [0, 0.05) is 6.61 Å². The number of benzene rings is 1. The summed E-state index contributed by atoms with van der Waals surface area (Å²) in [5, 5.41) is 10.1. The Morgan fingerprint density at radius 3 is 2.55 bits per heavy atom. The Bertz CT molecular complexity index is 382. The Hall–Kier alpha value is -1.06. The van der Waals surface area contributed by atoms with Gasteiger partial charge >= 0.3 is 0 Å². The number of aliphatic hydroxyl groups excluding tert-OH is 1. The summed E-state index contributed by atoms with van der Waals surface area (Å²) < 4.78 is 10.7. The first-order valence-electron chi connectivity index (χ1n) is 7.63. The SMILES string of the molecule is CCOC1CC(CC(O)CCc2ccc(OC)cc2)C1. The molecule has 1 aromatic rings. The van der Waals surface area contributed by atoms with Crippen LogP contribution in [-0.2, 0) is 11.2 Å². The maximum absolute atomic E-state index is 10.1. The first-order chi connectivity index (χ1) is 9.71. The number of rotatable bonds is 8. The predicted octanol–water partition coefficient (Wildman–Crippen LogP) is 3.19. The van der Waals surface area contributed by atoms with Crippen molar-refractivity contribution in [2.75, 3.05) is 13.7 Å². The minimum absolute atomic E-state index is 0.190. The minimum Gasteiger partial charge on any atom is -0.497 e. The molecule has 1 atom stereocenters. The number of ether oxygens (including phenoxy) is 2. The lowest BCUT2D eigenvalue weighted by molar-refractivity contribution is -0.0382. The molecule has 3 nitrogen and oxygen atoms in total. The smallest absolute Gasteiger partial charge is 0.118 e. The fraction of sp³-hybridized carbons (Fsp3) is 0.647. The molecule has 0 saturated heterocycles. The molecular weight excluding hydrogens is 252 g/mol. The summed E-state index contributed by atoms with van der Waals surface area (Å²) >= 11 is 0. The van der Waals surface area contributed by atoms with Gasteiger partial charge in [0.15, 0.2) is 0 Å². The van der Waals surface area contributed by atoms with Gasteiger partial charge in [-0.3, -0.25) is 0 Å². The monoisotopic (exact) mass is 278 g/mol. The Labute approximate surface area is 121 Å². The molecule has 0 spiro atoms. The van der Waals surface area contributed by atoms with Gasteiger partial charge in [-0.1, -0.05) is 12.1 Å². The Morgan fingerprint density at radius 1 is 1.25 bits per heavy atom. The van der Waals surface area contributed by atoms with E-state index in [1.54, 1.807) is 7.11 Å². The summed E-state index contributed by atoms with van der Waals surface area (Å²) in [4.78, 5) is 0. The third-order valence-electron chi connectivity index (χ3n) is 4.13. The summed E-state index contributed by atoms with van der Waals surface area (Å²) in [7, 11) is 1.67. The van der Waals surface area contributed by atoms with E-state index in [4.69, 9.17) is 9.47 Å². The summed E-state index contributed by atoms with van der Waals surface area (Å²) in [5.41, 5.74) is 1.26. The van der Waals surface area contributed by atoms with Crippen LogP contribution in [0.2, 0.25) is 0 Å². The molecule has 0 heterocycles. The van der Waals surface area contributed by atoms with E-state index in [-0.39, 0.29) is 6.10 Å². The van der Waals surface area contributed by atoms with Gasteiger partial charge in [0.2, 0.25) is 0 Å². The zero-order chi connectivity index (χ0) is 14.4. The van der Waals surface area contributed by atoms with Crippen molar-refractivity contribution in [1.29, 1.82) is 0 Å². The van der Waals surface area contributed by atoms with Gasteiger partial charge < -0.3 is 14.6 Å². The molecule has 0 radical (unpaired) electrons. The average molecular weight is 278 g/mol. The third-order valence-corrected chi connectivity index (χ3v) is 4.13. The molecule has 0 aromatic heterocycles. The lowest BCUT2D eigenvalue weighted by atomic mass is 9.78. The van der Waals surface area contributed by atoms with E-state index in [1.165, 1.54) is 5.56 Å². The predicted molar refractivity (Wildman–Crippen MR) is 80.1 cm³/mol. The molecule has 2 rings (SSSR count). The van der Waals surface area contributed by atoms with Crippen molar-refractivity contribution in [3.05, 3.63) is 29.8 Å². The molecule has 0 bridgehead atoms. The van der Waals surface area contributed by atoms with Crippen molar-refractivity contribution in [3.63, 3.8) is 0 Å². The molecular formula is C17H26O3. The van der Waals surface area contributed by atoms with Crippen molar-refractivity contribution in [2.45, 2.75) is 51.2 Å². The zero-order valence-electron chi connectivity index (χ0n) is 12.5. The molecule has 1 aliphatic rings. The van der Waals surface area contributed by atoms with Crippen LogP contribution in [0.25, 0.3) is 0 Å². The topological polar surface area (TPSA) is 38.7 Å². The van der Waals surface area contributed by atoms with E-state index in [2.05, 4.69) is 12.1 Å². The second-order valence-electron chi connectivity index (χ2n) is 5.69. The maximum atomic E-state index is 10.1. The minimum atomic E-state index is -0.190. The summed E-state index contributed by atoms with van der Waals surface area (Å²) in [5.74, 6) is 1.53. The number of aryl methyl sites for hydroxylation is 1. The van der Waals surface area contributed by atoms with Crippen LogP contribution in [0.5, 0.6) is 5.75 Å². The van der Waals surface area contributed by atoms with Crippen LogP contribution in [0.3, 0.4) is 0 Å². The first-order valence-corrected chi connectivity index (χ1v) is 7.63. The van der Waals surface area contributed by atoms with Gasteiger partial charge in [-0.2, -0.15) is 0 Å². The second kappa shape index (κ2) is 7.65. The molecule has 20 heavy (non-hydrogen) atoms. The largest absolute Gasteiger partial charge is 0.497 e.